The maximum Gasteiger partial charge on any atom is 0.261 e. The van der Waals surface area contributed by atoms with Crippen molar-refractivity contribution in [3.63, 3.8) is 0 Å². The molecule has 0 aliphatic carbocycles. The van der Waals surface area contributed by atoms with Gasteiger partial charge in [-0.15, -0.1) is 13.2 Å². The van der Waals surface area contributed by atoms with E-state index in [4.69, 9.17) is 4.43 Å². The van der Waals surface area contributed by atoms with E-state index in [1.54, 1.807) is 24.3 Å². The smallest absolute Gasteiger partial charge is 0.261 e. The molecule has 0 amide bonds. The first-order valence-corrected chi connectivity index (χ1v) is 16.0. The normalized spacial score (nSPS) is 13.3. The Bertz CT molecular complexity index is 1230. The van der Waals surface area contributed by atoms with Gasteiger partial charge in [-0.25, -0.2) is 8.42 Å². The van der Waals surface area contributed by atoms with Crippen molar-refractivity contribution in [3.8, 4) is 0 Å². The molecule has 0 unspecified atom stereocenters. The molecule has 0 aliphatic heterocycles. The van der Waals surface area contributed by atoms with Gasteiger partial charge in [0.1, 0.15) is 0 Å². The molecule has 3 aromatic carbocycles. The molecule has 196 valence electrons. The highest BCUT2D eigenvalue weighted by atomic mass is 32.2. The number of sulfonamides is 1. The Kier molecular flexibility index (Phi) is 9.48. The van der Waals surface area contributed by atoms with Crippen LogP contribution in [0.25, 0.3) is 0 Å². The molecule has 0 fully saturated rings. The average Bonchev–Trinajstić information content (AvgIpc) is 2.88. The van der Waals surface area contributed by atoms with Crippen molar-refractivity contribution in [3.05, 3.63) is 116 Å². The first kappa shape index (κ1) is 28.8. The van der Waals surface area contributed by atoms with Gasteiger partial charge in [-0.3, -0.25) is 0 Å². The van der Waals surface area contributed by atoms with Crippen molar-refractivity contribution in [2.45, 2.75) is 50.1 Å². The van der Waals surface area contributed by atoms with Crippen molar-refractivity contribution in [2.24, 2.45) is 0 Å². The molecule has 0 N–H and O–H groups in total. The quantitative estimate of drug-likeness (QED) is 0.222. The van der Waals surface area contributed by atoms with Crippen molar-refractivity contribution >= 4 is 28.7 Å². The Morgan fingerprint density at radius 1 is 0.865 bits per heavy atom. The number of nitrogens with zero attached hydrogens (tertiary/aromatic N) is 1. The Balaban J connectivity index is 2.10. The number of aryl methyl sites for hydroxylation is 1. The summed E-state index contributed by atoms with van der Waals surface area (Å²) < 4.78 is 36.2. The van der Waals surface area contributed by atoms with Gasteiger partial charge in [0.25, 0.3) is 8.32 Å². The summed E-state index contributed by atoms with van der Waals surface area (Å²) in [5.74, 6) is 0. The molecular weight excluding hydrogens is 494 g/mol. The zero-order chi connectivity index (χ0) is 27.1. The first-order chi connectivity index (χ1) is 17.6. The second-order valence-corrected chi connectivity index (χ2v) is 16.5. The second kappa shape index (κ2) is 12.2. The SMILES string of the molecule is C=CC[C@@H](CO[Si](c1ccccc1)(c1ccccc1)C(C)(C)C)N(CC=C)S(=O)(=O)c1ccc(C)cc1. The summed E-state index contributed by atoms with van der Waals surface area (Å²) in [6.07, 6.45) is 3.85. The second-order valence-electron chi connectivity index (χ2n) is 10.3. The van der Waals surface area contributed by atoms with Crippen LogP contribution in [-0.2, 0) is 14.4 Å². The van der Waals surface area contributed by atoms with Crippen LogP contribution in [0.4, 0.5) is 0 Å². The predicted octanol–water partition coefficient (Wildman–Crippen LogP) is 5.69. The zero-order valence-corrected chi connectivity index (χ0v) is 24.2. The lowest BCUT2D eigenvalue weighted by Gasteiger charge is -2.44. The Morgan fingerprint density at radius 2 is 1.38 bits per heavy atom. The van der Waals surface area contributed by atoms with Gasteiger partial charge >= 0.3 is 0 Å². The van der Waals surface area contributed by atoms with E-state index < -0.39 is 24.4 Å². The van der Waals surface area contributed by atoms with Crippen molar-refractivity contribution in [1.29, 1.82) is 0 Å². The number of benzene rings is 3. The molecule has 3 aromatic rings. The molecule has 3 rings (SSSR count). The summed E-state index contributed by atoms with van der Waals surface area (Å²) >= 11 is 0. The molecule has 0 spiro atoms. The molecule has 4 nitrogen and oxygen atoms in total. The summed E-state index contributed by atoms with van der Waals surface area (Å²) in [5.41, 5.74) is 1.01. The Morgan fingerprint density at radius 3 is 1.81 bits per heavy atom. The van der Waals surface area contributed by atoms with Gasteiger partial charge in [-0.2, -0.15) is 4.31 Å². The maximum atomic E-state index is 13.8. The third-order valence-electron chi connectivity index (χ3n) is 6.69. The Labute approximate surface area is 224 Å². The summed E-state index contributed by atoms with van der Waals surface area (Å²) in [6, 6.07) is 27.3. The largest absolute Gasteiger partial charge is 0.406 e. The van der Waals surface area contributed by atoms with E-state index >= 15 is 0 Å². The van der Waals surface area contributed by atoms with Gasteiger partial charge in [0.2, 0.25) is 10.0 Å². The summed E-state index contributed by atoms with van der Waals surface area (Å²) in [6.45, 7) is 16.8. The molecule has 0 aliphatic rings. The van der Waals surface area contributed by atoms with Crippen LogP contribution in [0.3, 0.4) is 0 Å². The summed E-state index contributed by atoms with van der Waals surface area (Å²) in [4.78, 5) is 0.263. The van der Waals surface area contributed by atoms with Crippen molar-refractivity contribution in [1.82, 2.24) is 4.31 Å². The van der Waals surface area contributed by atoms with Crippen molar-refractivity contribution < 1.29 is 12.8 Å². The van der Waals surface area contributed by atoms with Crippen LogP contribution in [0.2, 0.25) is 5.04 Å². The average molecular weight is 534 g/mol. The lowest BCUT2D eigenvalue weighted by Crippen LogP contribution is -2.67. The number of hydrogen-bond donors (Lipinski definition) is 0. The summed E-state index contributed by atoms with van der Waals surface area (Å²) in [7, 11) is -6.62. The highest BCUT2D eigenvalue weighted by Crippen LogP contribution is 2.37. The molecule has 0 radical (unpaired) electrons. The summed E-state index contributed by atoms with van der Waals surface area (Å²) in [5, 5.41) is 2.10. The molecule has 0 aromatic heterocycles. The Hall–Kier alpha value is -2.77. The minimum atomic E-state index is -3.78. The fraction of sp³-hybridized carbons (Fsp3) is 0.290. The number of hydrogen-bond acceptors (Lipinski definition) is 3. The minimum Gasteiger partial charge on any atom is -0.406 e. The topological polar surface area (TPSA) is 46.6 Å². The lowest BCUT2D eigenvalue weighted by atomic mass is 10.2. The van der Waals surface area contributed by atoms with Crippen LogP contribution in [0.5, 0.6) is 0 Å². The van der Waals surface area contributed by atoms with Gasteiger partial charge in [0, 0.05) is 6.54 Å². The zero-order valence-electron chi connectivity index (χ0n) is 22.4. The highest BCUT2D eigenvalue weighted by Gasteiger charge is 2.50. The van der Waals surface area contributed by atoms with Crippen LogP contribution in [0, 0.1) is 6.92 Å². The van der Waals surface area contributed by atoms with Gasteiger partial charge in [-0.05, 0) is 40.9 Å². The third-order valence-corrected chi connectivity index (χ3v) is 13.6. The van der Waals surface area contributed by atoms with Gasteiger partial charge in [0.05, 0.1) is 17.5 Å². The van der Waals surface area contributed by atoms with E-state index in [1.165, 1.54) is 4.31 Å². The van der Waals surface area contributed by atoms with Crippen LogP contribution in [0.1, 0.15) is 32.8 Å². The molecule has 0 bridgehead atoms. The molecule has 37 heavy (non-hydrogen) atoms. The third kappa shape index (κ3) is 6.21. The number of rotatable bonds is 12. The maximum absolute atomic E-state index is 13.8. The molecule has 0 saturated carbocycles. The molecule has 0 saturated heterocycles. The van der Waals surface area contributed by atoms with Crippen LogP contribution >= 0.6 is 0 Å². The molecule has 0 heterocycles. The van der Waals surface area contributed by atoms with Gasteiger partial charge in [0.15, 0.2) is 0 Å². The van der Waals surface area contributed by atoms with Gasteiger partial charge in [-0.1, -0.05) is 111 Å². The van der Waals surface area contributed by atoms with Crippen LogP contribution in [-0.4, -0.2) is 40.2 Å². The van der Waals surface area contributed by atoms with E-state index in [0.717, 1.165) is 15.9 Å². The standard InChI is InChI=1S/C31H39NO3SSi/c1-7-15-27(32(24-8-2)36(33,34)28-22-20-26(3)21-23-28)25-35-37(31(4,5)6,29-16-11-9-12-17-29)30-18-13-10-14-19-30/h7-14,16-23,27H,1-2,15,24-25H2,3-6H3/t27-/m0/s1. The molecular formula is C31H39NO3SSi. The fourth-order valence-corrected chi connectivity index (χ4v) is 11.0. The first-order valence-electron chi connectivity index (χ1n) is 12.6. The monoisotopic (exact) mass is 533 g/mol. The van der Waals surface area contributed by atoms with E-state index in [0.29, 0.717) is 6.42 Å². The van der Waals surface area contributed by atoms with Crippen LogP contribution in [0.15, 0.2) is 115 Å². The molecule has 1 atom stereocenters. The van der Waals surface area contributed by atoms with Gasteiger partial charge < -0.3 is 4.43 Å². The predicted molar refractivity (Wildman–Crippen MR) is 157 cm³/mol. The minimum absolute atomic E-state index is 0.179. The van der Waals surface area contributed by atoms with Crippen LogP contribution < -0.4 is 10.4 Å². The van der Waals surface area contributed by atoms with E-state index in [1.807, 2.05) is 55.5 Å². The lowest BCUT2D eigenvalue weighted by molar-refractivity contribution is 0.203. The van der Waals surface area contributed by atoms with Crippen molar-refractivity contribution in [2.75, 3.05) is 13.2 Å². The van der Waals surface area contributed by atoms with E-state index in [2.05, 4.69) is 58.2 Å². The van der Waals surface area contributed by atoms with E-state index in [9.17, 15) is 8.42 Å². The highest BCUT2D eigenvalue weighted by molar-refractivity contribution is 7.89. The van der Waals surface area contributed by atoms with E-state index in [-0.39, 0.29) is 23.1 Å². The fourth-order valence-electron chi connectivity index (χ4n) is 4.86. The molecule has 6 heteroatoms.